The zero-order chi connectivity index (χ0) is 15.9. The molecule has 22 heavy (non-hydrogen) atoms. The van der Waals surface area contributed by atoms with E-state index in [2.05, 4.69) is 10.8 Å². The summed E-state index contributed by atoms with van der Waals surface area (Å²) in [6, 6.07) is 12.1. The van der Waals surface area contributed by atoms with E-state index in [0.29, 0.717) is 12.2 Å². The Kier molecular flexibility index (Phi) is 5.83. The van der Waals surface area contributed by atoms with Gasteiger partial charge in [0.25, 0.3) is 0 Å². The van der Waals surface area contributed by atoms with Crippen LogP contribution >= 0.6 is 11.8 Å². The minimum atomic E-state index is -0.477. The van der Waals surface area contributed by atoms with Gasteiger partial charge in [-0.3, -0.25) is 9.59 Å². The lowest BCUT2D eigenvalue weighted by atomic mass is 10.1. The predicted octanol–water partition coefficient (Wildman–Crippen LogP) is 3.46. The maximum Gasteiger partial charge on any atom is 0.313 e. The summed E-state index contributed by atoms with van der Waals surface area (Å²) in [6.07, 6.45) is 0.217. The highest BCUT2D eigenvalue weighted by atomic mass is 32.2. The van der Waals surface area contributed by atoms with Crippen molar-refractivity contribution < 1.29 is 19.1 Å². The van der Waals surface area contributed by atoms with E-state index in [1.54, 1.807) is 18.9 Å². The van der Waals surface area contributed by atoms with Gasteiger partial charge in [0.15, 0.2) is 0 Å². The standard InChI is InChI=1S/C17H18O4S/c1-20-15-5-3-13-10-16(6-4-12(13)9-15)22-8-7-14(18)11-17(19)21-2/h3-6,9-10H,7-8,11H2,1-2H3. The molecule has 0 saturated heterocycles. The first kappa shape index (κ1) is 16.4. The highest BCUT2D eigenvalue weighted by Gasteiger charge is 2.09. The molecule has 0 heterocycles. The average Bonchev–Trinajstić information content (AvgIpc) is 2.54. The van der Waals surface area contributed by atoms with Crippen molar-refractivity contribution in [3.8, 4) is 5.75 Å². The summed E-state index contributed by atoms with van der Waals surface area (Å²) in [5.74, 6) is 0.915. The number of hydrogen-bond donors (Lipinski definition) is 0. The van der Waals surface area contributed by atoms with Crippen LogP contribution in [-0.4, -0.2) is 31.7 Å². The van der Waals surface area contributed by atoms with Crippen molar-refractivity contribution >= 4 is 34.3 Å². The Labute approximate surface area is 133 Å². The van der Waals surface area contributed by atoms with Crippen LogP contribution in [0.3, 0.4) is 0 Å². The van der Waals surface area contributed by atoms with Gasteiger partial charge in [-0.25, -0.2) is 0 Å². The summed E-state index contributed by atoms with van der Waals surface area (Å²) in [4.78, 5) is 23.7. The molecule has 0 atom stereocenters. The second-order valence-electron chi connectivity index (χ2n) is 4.76. The molecule has 0 N–H and O–H groups in total. The van der Waals surface area contributed by atoms with Gasteiger partial charge in [-0.05, 0) is 35.0 Å². The van der Waals surface area contributed by atoms with Crippen LogP contribution in [0.1, 0.15) is 12.8 Å². The molecule has 0 spiro atoms. The molecule has 0 aromatic heterocycles. The molecule has 0 bridgehead atoms. The topological polar surface area (TPSA) is 52.6 Å². The summed E-state index contributed by atoms with van der Waals surface area (Å²) in [5.41, 5.74) is 0. The molecule has 2 rings (SSSR count). The van der Waals surface area contributed by atoms with Crippen LogP contribution < -0.4 is 4.74 Å². The third kappa shape index (κ3) is 4.49. The fourth-order valence-corrected chi connectivity index (χ4v) is 2.96. The van der Waals surface area contributed by atoms with Gasteiger partial charge in [0.05, 0.1) is 14.2 Å². The number of methoxy groups -OCH3 is 2. The van der Waals surface area contributed by atoms with E-state index in [0.717, 1.165) is 21.4 Å². The number of benzene rings is 2. The second kappa shape index (κ2) is 7.84. The van der Waals surface area contributed by atoms with Crippen LogP contribution in [0, 0.1) is 0 Å². The molecule has 0 fully saturated rings. The Morgan fingerprint density at radius 2 is 1.77 bits per heavy atom. The number of ketones is 1. The Bertz CT molecular complexity index is 681. The van der Waals surface area contributed by atoms with Gasteiger partial charge in [0.2, 0.25) is 0 Å². The molecule has 2 aromatic carbocycles. The molecule has 116 valence electrons. The van der Waals surface area contributed by atoms with E-state index in [1.165, 1.54) is 7.11 Å². The van der Waals surface area contributed by atoms with E-state index in [-0.39, 0.29) is 12.2 Å². The van der Waals surface area contributed by atoms with Crippen molar-refractivity contribution in [1.82, 2.24) is 0 Å². The number of thioether (sulfide) groups is 1. The highest BCUT2D eigenvalue weighted by molar-refractivity contribution is 7.99. The largest absolute Gasteiger partial charge is 0.497 e. The third-order valence-corrected chi connectivity index (χ3v) is 4.23. The summed E-state index contributed by atoms with van der Waals surface area (Å²) >= 11 is 1.60. The minimum Gasteiger partial charge on any atom is -0.497 e. The number of esters is 1. The van der Waals surface area contributed by atoms with Gasteiger partial charge >= 0.3 is 5.97 Å². The molecule has 0 aliphatic rings. The number of rotatable bonds is 7. The molecular weight excluding hydrogens is 300 g/mol. The SMILES string of the molecule is COC(=O)CC(=O)CCSc1ccc2cc(OC)ccc2c1. The van der Waals surface area contributed by atoms with E-state index >= 15 is 0 Å². The van der Waals surface area contributed by atoms with Crippen molar-refractivity contribution in [1.29, 1.82) is 0 Å². The van der Waals surface area contributed by atoms with Crippen LogP contribution in [0.5, 0.6) is 5.75 Å². The number of carbonyl (C=O) groups is 2. The van der Waals surface area contributed by atoms with E-state index in [1.807, 2.05) is 30.3 Å². The lowest BCUT2D eigenvalue weighted by Crippen LogP contribution is -2.09. The number of ether oxygens (including phenoxy) is 2. The van der Waals surface area contributed by atoms with Gasteiger partial charge in [-0.2, -0.15) is 0 Å². The van der Waals surface area contributed by atoms with Crippen LogP contribution in [0.15, 0.2) is 41.3 Å². The lowest BCUT2D eigenvalue weighted by molar-refractivity contribution is -0.143. The van der Waals surface area contributed by atoms with Crippen molar-refractivity contribution in [2.24, 2.45) is 0 Å². The van der Waals surface area contributed by atoms with Crippen molar-refractivity contribution in [2.75, 3.05) is 20.0 Å². The van der Waals surface area contributed by atoms with Gasteiger partial charge < -0.3 is 9.47 Å². The summed E-state index contributed by atoms with van der Waals surface area (Å²) in [6.45, 7) is 0. The number of carbonyl (C=O) groups excluding carboxylic acids is 2. The predicted molar refractivity (Wildman–Crippen MR) is 87.5 cm³/mol. The third-order valence-electron chi connectivity index (χ3n) is 3.24. The molecule has 0 aliphatic carbocycles. The van der Waals surface area contributed by atoms with E-state index in [9.17, 15) is 9.59 Å². The first-order chi connectivity index (χ1) is 10.6. The van der Waals surface area contributed by atoms with Crippen molar-refractivity contribution in [3.63, 3.8) is 0 Å². The smallest absolute Gasteiger partial charge is 0.313 e. The average molecular weight is 318 g/mol. The molecule has 0 unspecified atom stereocenters. The highest BCUT2D eigenvalue weighted by Crippen LogP contribution is 2.26. The van der Waals surface area contributed by atoms with Gasteiger partial charge in [-0.1, -0.05) is 12.1 Å². The second-order valence-corrected chi connectivity index (χ2v) is 5.93. The van der Waals surface area contributed by atoms with Crippen LogP contribution in [0.25, 0.3) is 10.8 Å². The maximum absolute atomic E-state index is 11.6. The molecule has 0 saturated carbocycles. The molecular formula is C17H18O4S. The first-order valence-electron chi connectivity index (χ1n) is 6.91. The summed E-state index contributed by atoms with van der Waals surface area (Å²) < 4.78 is 9.68. The molecule has 0 amide bonds. The Hall–Kier alpha value is -2.01. The molecule has 2 aromatic rings. The van der Waals surface area contributed by atoms with Crippen LogP contribution in [0.4, 0.5) is 0 Å². The normalized spacial score (nSPS) is 10.5. The van der Waals surface area contributed by atoms with Gasteiger partial charge in [0.1, 0.15) is 18.0 Å². The zero-order valence-electron chi connectivity index (χ0n) is 12.6. The molecule has 0 aliphatic heterocycles. The molecule has 4 nitrogen and oxygen atoms in total. The molecule has 5 heteroatoms. The minimum absolute atomic E-state index is 0.0927. The zero-order valence-corrected chi connectivity index (χ0v) is 13.4. The number of hydrogen-bond acceptors (Lipinski definition) is 5. The monoisotopic (exact) mass is 318 g/mol. The quantitative estimate of drug-likeness (QED) is 0.444. The Morgan fingerprint density at radius 3 is 2.50 bits per heavy atom. The summed E-state index contributed by atoms with van der Waals surface area (Å²) in [5, 5.41) is 2.25. The number of fused-ring (bicyclic) bond motifs is 1. The fourth-order valence-electron chi connectivity index (χ4n) is 2.02. The van der Waals surface area contributed by atoms with Gasteiger partial charge in [0, 0.05) is 17.1 Å². The van der Waals surface area contributed by atoms with Crippen LogP contribution in [0.2, 0.25) is 0 Å². The van der Waals surface area contributed by atoms with E-state index in [4.69, 9.17) is 4.74 Å². The molecule has 0 radical (unpaired) electrons. The fraction of sp³-hybridized carbons (Fsp3) is 0.294. The summed E-state index contributed by atoms with van der Waals surface area (Å²) in [7, 11) is 2.94. The Morgan fingerprint density at radius 1 is 1.05 bits per heavy atom. The van der Waals surface area contributed by atoms with Crippen LogP contribution in [-0.2, 0) is 14.3 Å². The maximum atomic E-state index is 11.6. The van der Waals surface area contributed by atoms with Crippen molar-refractivity contribution in [3.05, 3.63) is 36.4 Å². The van der Waals surface area contributed by atoms with Crippen molar-refractivity contribution in [2.45, 2.75) is 17.7 Å². The van der Waals surface area contributed by atoms with Gasteiger partial charge in [-0.15, -0.1) is 11.8 Å². The Balaban J connectivity index is 1.92. The first-order valence-corrected chi connectivity index (χ1v) is 7.90. The number of Topliss-reactive ketones (excluding diaryl/α,β-unsaturated/α-hetero) is 1. The van der Waals surface area contributed by atoms with E-state index < -0.39 is 5.97 Å². The lowest BCUT2D eigenvalue weighted by Gasteiger charge is -2.05.